The predicted octanol–water partition coefficient (Wildman–Crippen LogP) is 0.965. The first-order valence-corrected chi connectivity index (χ1v) is 6.49. The Balaban J connectivity index is 2.44. The molecule has 6 nitrogen and oxygen atoms in total. The summed E-state index contributed by atoms with van der Waals surface area (Å²) in [6, 6.07) is 9.31. The SMILES string of the molecule is NC1(N)C=CC(C=Cc2ccccc2)=CC1(C(=O)O)C(=O)O. The van der Waals surface area contributed by atoms with Crippen molar-refractivity contribution in [2.24, 2.45) is 16.9 Å². The molecule has 0 unspecified atom stereocenters. The summed E-state index contributed by atoms with van der Waals surface area (Å²) in [4.78, 5) is 23.0. The highest BCUT2D eigenvalue weighted by atomic mass is 16.4. The van der Waals surface area contributed by atoms with E-state index in [9.17, 15) is 19.8 Å². The van der Waals surface area contributed by atoms with E-state index >= 15 is 0 Å². The van der Waals surface area contributed by atoms with Crippen molar-refractivity contribution in [2.75, 3.05) is 0 Å². The first-order chi connectivity index (χ1) is 10.3. The molecule has 0 aromatic heterocycles. The number of nitrogens with two attached hydrogens (primary N) is 2. The van der Waals surface area contributed by atoms with Crippen molar-refractivity contribution in [1.82, 2.24) is 0 Å². The molecule has 0 amide bonds. The Hall–Kier alpha value is -2.70. The van der Waals surface area contributed by atoms with Crippen molar-refractivity contribution in [1.29, 1.82) is 0 Å². The number of carboxylic acids is 2. The Bertz CT molecular complexity index is 673. The van der Waals surface area contributed by atoms with Crippen molar-refractivity contribution >= 4 is 18.0 Å². The summed E-state index contributed by atoms with van der Waals surface area (Å²) in [5, 5.41) is 18.7. The molecule has 0 radical (unpaired) electrons. The maximum atomic E-state index is 11.5. The van der Waals surface area contributed by atoms with Gasteiger partial charge in [-0.2, -0.15) is 0 Å². The van der Waals surface area contributed by atoms with Gasteiger partial charge in [-0.05, 0) is 23.3 Å². The Morgan fingerprint density at radius 2 is 1.59 bits per heavy atom. The van der Waals surface area contributed by atoms with Crippen molar-refractivity contribution in [2.45, 2.75) is 5.66 Å². The van der Waals surface area contributed by atoms with Crippen LogP contribution in [-0.4, -0.2) is 27.8 Å². The van der Waals surface area contributed by atoms with Gasteiger partial charge in [-0.1, -0.05) is 48.6 Å². The molecule has 0 spiro atoms. The third kappa shape index (κ3) is 2.57. The molecule has 114 valence electrons. The van der Waals surface area contributed by atoms with E-state index in [1.807, 2.05) is 30.3 Å². The first-order valence-electron chi connectivity index (χ1n) is 6.49. The molecule has 1 aliphatic carbocycles. The van der Waals surface area contributed by atoms with Gasteiger partial charge in [0, 0.05) is 0 Å². The van der Waals surface area contributed by atoms with Crippen LogP contribution in [0.15, 0.2) is 60.2 Å². The third-order valence-electron chi connectivity index (χ3n) is 3.56. The number of carbonyl (C=O) groups is 2. The van der Waals surface area contributed by atoms with E-state index in [4.69, 9.17) is 11.5 Å². The lowest BCUT2D eigenvalue weighted by Gasteiger charge is -2.37. The zero-order chi connectivity index (χ0) is 16.4. The molecule has 0 heterocycles. The highest BCUT2D eigenvalue weighted by Gasteiger charge is 2.58. The maximum absolute atomic E-state index is 11.5. The molecule has 0 saturated heterocycles. The van der Waals surface area contributed by atoms with Crippen LogP contribution in [0.1, 0.15) is 5.56 Å². The third-order valence-corrected chi connectivity index (χ3v) is 3.56. The van der Waals surface area contributed by atoms with Crippen LogP contribution < -0.4 is 11.5 Å². The summed E-state index contributed by atoms with van der Waals surface area (Å²) < 4.78 is 0. The number of carboxylic acid groups (broad SMARTS) is 2. The van der Waals surface area contributed by atoms with Crippen LogP contribution in [0.5, 0.6) is 0 Å². The van der Waals surface area contributed by atoms with Crippen LogP contribution in [-0.2, 0) is 9.59 Å². The van der Waals surface area contributed by atoms with Crippen molar-refractivity contribution < 1.29 is 19.8 Å². The highest BCUT2D eigenvalue weighted by Crippen LogP contribution is 2.35. The molecule has 1 aromatic rings. The van der Waals surface area contributed by atoms with Crippen LogP contribution in [0.4, 0.5) is 0 Å². The average molecular weight is 300 g/mol. The van der Waals surface area contributed by atoms with Crippen LogP contribution in [0.25, 0.3) is 6.08 Å². The number of hydrogen-bond acceptors (Lipinski definition) is 4. The minimum absolute atomic E-state index is 0.403. The second kappa shape index (κ2) is 5.59. The van der Waals surface area contributed by atoms with Gasteiger partial charge < -0.3 is 21.7 Å². The summed E-state index contributed by atoms with van der Waals surface area (Å²) in [6.07, 6.45) is 7.12. The average Bonchev–Trinajstić information content (AvgIpc) is 2.46. The summed E-state index contributed by atoms with van der Waals surface area (Å²) in [6.45, 7) is 0. The lowest BCUT2D eigenvalue weighted by atomic mass is 9.71. The van der Waals surface area contributed by atoms with Gasteiger partial charge >= 0.3 is 11.9 Å². The molecule has 6 heteroatoms. The molecule has 0 aliphatic heterocycles. The Morgan fingerprint density at radius 3 is 2.14 bits per heavy atom. The molecule has 22 heavy (non-hydrogen) atoms. The second-order valence-corrected chi connectivity index (χ2v) is 5.07. The van der Waals surface area contributed by atoms with Gasteiger partial charge in [0.1, 0.15) is 5.66 Å². The number of rotatable bonds is 4. The molecule has 0 fully saturated rings. The van der Waals surface area contributed by atoms with Crippen molar-refractivity contribution in [3.63, 3.8) is 0 Å². The van der Waals surface area contributed by atoms with E-state index in [-0.39, 0.29) is 0 Å². The van der Waals surface area contributed by atoms with E-state index < -0.39 is 23.0 Å². The largest absolute Gasteiger partial charge is 0.480 e. The number of hydrogen-bond donors (Lipinski definition) is 4. The lowest BCUT2D eigenvalue weighted by molar-refractivity contribution is -0.164. The molecule has 2 rings (SSSR count). The molecule has 6 N–H and O–H groups in total. The fourth-order valence-electron chi connectivity index (χ4n) is 2.23. The van der Waals surface area contributed by atoms with Crippen molar-refractivity contribution in [3.8, 4) is 0 Å². The van der Waals surface area contributed by atoms with Crippen LogP contribution >= 0.6 is 0 Å². The van der Waals surface area contributed by atoms with Crippen molar-refractivity contribution in [3.05, 3.63) is 65.8 Å². The number of benzene rings is 1. The van der Waals surface area contributed by atoms with Gasteiger partial charge in [0.15, 0.2) is 0 Å². The fraction of sp³-hybridized carbons (Fsp3) is 0.125. The fourth-order valence-corrected chi connectivity index (χ4v) is 2.23. The Morgan fingerprint density at radius 1 is 1.00 bits per heavy atom. The summed E-state index contributed by atoms with van der Waals surface area (Å²) >= 11 is 0. The minimum atomic E-state index is -2.42. The summed E-state index contributed by atoms with van der Waals surface area (Å²) in [7, 11) is 0. The molecule has 1 aliphatic rings. The molecular formula is C16H16N2O4. The normalized spacial score (nSPS) is 18.9. The maximum Gasteiger partial charge on any atom is 0.328 e. The topological polar surface area (TPSA) is 127 Å². The molecule has 1 aromatic carbocycles. The van der Waals surface area contributed by atoms with Crippen LogP contribution in [0.2, 0.25) is 0 Å². The van der Waals surface area contributed by atoms with Gasteiger partial charge in [-0.25, -0.2) is 0 Å². The lowest BCUT2D eigenvalue weighted by Crippen LogP contribution is -2.67. The van der Waals surface area contributed by atoms with Crippen LogP contribution in [0.3, 0.4) is 0 Å². The first kappa shape index (κ1) is 15.7. The van der Waals surface area contributed by atoms with Crippen LogP contribution in [0, 0.1) is 5.41 Å². The zero-order valence-corrected chi connectivity index (χ0v) is 11.6. The van der Waals surface area contributed by atoms with E-state index in [0.29, 0.717) is 5.57 Å². The Labute approximate surface area is 127 Å². The van der Waals surface area contributed by atoms with Gasteiger partial charge in [0.05, 0.1) is 0 Å². The number of allylic oxidation sites excluding steroid dienone is 3. The van der Waals surface area contributed by atoms with Gasteiger partial charge in [-0.15, -0.1) is 0 Å². The zero-order valence-electron chi connectivity index (χ0n) is 11.6. The van der Waals surface area contributed by atoms with E-state index in [1.54, 1.807) is 12.2 Å². The standard InChI is InChI=1S/C16H16N2O4/c17-16(18)9-8-12(7-6-11-4-2-1-3-5-11)10-15(16,13(19)20)14(21)22/h1-10H,17-18H2,(H,19,20)(H,21,22). The molecule has 0 saturated carbocycles. The quantitative estimate of drug-likeness (QED) is 0.484. The van der Waals surface area contributed by atoms with Gasteiger partial charge in [0.2, 0.25) is 5.41 Å². The van der Waals surface area contributed by atoms with Gasteiger partial charge in [-0.3, -0.25) is 9.59 Å². The summed E-state index contributed by atoms with van der Waals surface area (Å²) in [5.74, 6) is -3.22. The van der Waals surface area contributed by atoms with Gasteiger partial charge in [0.25, 0.3) is 0 Å². The predicted molar refractivity (Wildman–Crippen MR) is 81.5 cm³/mol. The van der Waals surface area contributed by atoms with E-state index in [0.717, 1.165) is 11.6 Å². The second-order valence-electron chi connectivity index (χ2n) is 5.07. The molecule has 0 bridgehead atoms. The highest BCUT2D eigenvalue weighted by molar-refractivity contribution is 6.03. The molecule has 0 atom stereocenters. The monoisotopic (exact) mass is 300 g/mol. The summed E-state index contributed by atoms with van der Waals surface area (Å²) in [5.41, 5.74) is 8.24. The number of aliphatic carboxylic acids is 2. The van der Waals surface area contributed by atoms with E-state index in [1.165, 1.54) is 12.2 Å². The van der Waals surface area contributed by atoms with E-state index in [2.05, 4.69) is 0 Å². The Kier molecular flexibility index (Phi) is 3.99. The smallest absolute Gasteiger partial charge is 0.328 e. The molecular weight excluding hydrogens is 284 g/mol. The minimum Gasteiger partial charge on any atom is -0.480 e.